The molecule has 0 bridgehead atoms. The van der Waals surface area contributed by atoms with Crippen LogP contribution in [0, 0.1) is 5.82 Å². The van der Waals surface area contributed by atoms with Crippen molar-refractivity contribution in [1.29, 1.82) is 0 Å². The minimum atomic E-state index is -0.769. The first-order valence-corrected chi connectivity index (χ1v) is 11.9. The summed E-state index contributed by atoms with van der Waals surface area (Å²) in [7, 11) is 0. The van der Waals surface area contributed by atoms with E-state index in [4.69, 9.17) is 4.42 Å². The highest BCUT2D eigenvalue weighted by Crippen LogP contribution is 2.52. The summed E-state index contributed by atoms with van der Waals surface area (Å²) in [5.41, 5.74) is 0.576. The standard InChI is InChI=1S/C26H20FNO5S/c27-14-4-7-16(8-5-14)34-23-22(30)21-19(33-25(23)32)13-20-26(10-2-1-3-11-26)17-12-15(29)6-9-18(17)28(20)24(21)31/h4-9,12-13,29-30H,1-3,10-11H2. The summed E-state index contributed by atoms with van der Waals surface area (Å²) in [6, 6.07) is 12.1. The summed E-state index contributed by atoms with van der Waals surface area (Å²) < 4.78 is 20.4. The van der Waals surface area contributed by atoms with Crippen LogP contribution in [0.5, 0.6) is 11.5 Å². The monoisotopic (exact) mass is 477 g/mol. The zero-order valence-corrected chi connectivity index (χ0v) is 18.8. The van der Waals surface area contributed by atoms with Crippen molar-refractivity contribution in [3.63, 3.8) is 0 Å². The second-order valence-corrected chi connectivity index (χ2v) is 9.96. The largest absolute Gasteiger partial charge is 0.508 e. The van der Waals surface area contributed by atoms with E-state index in [9.17, 15) is 24.2 Å². The van der Waals surface area contributed by atoms with Gasteiger partial charge >= 0.3 is 5.63 Å². The van der Waals surface area contributed by atoms with E-state index < -0.39 is 28.2 Å². The van der Waals surface area contributed by atoms with Crippen molar-refractivity contribution >= 4 is 22.7 Å². The van der Waals surface area contributed by atoms with Crippen molar-refractivity contribution < 1.29 is 19.0 Å². The van der Waals surface area contributed by atoms with Gasteiger partial charge in [-0.3, -0.25) is 9.36 Å². The van der Waals surface area contributed by atoms with Crippen molar-refractivity contribution in [3.8, 4) is 17.2 Å². The molecular weight excluding hydrogens is 457 g/mol. The number of halogens is 1. The van der Waals surface area contributed by atoms with Crippen LogP contribution in [0.15, 0.2) is 72.3 Å². The van der Waals surface area contributed by atoms with E-state index in [1.54, 1.807) is 28.8 Å². The molecule has 1 spiro atoms. The Morgan fingerprint density at radius 3 is 2.44 bits per heavy atom. The molecule has 3 heterocycles. The molecule has 1 aliphatic carbocycles. The third-order valence-corrected chi connectivity index (χ3v) is 8.05. The third kappa shape index (κ3) is 2.94. The van der Waals surface area contributed by atoms with Gasteiger partial charge in [-0.25, -0.2) is 9.18 Å². The smallest absolute Gasteiger partial charge is 0.354 e. The van der Waals surface area contributed by atoms with E-state index in [2.05, 4.69) is 0 Å². The minimum absolute atomic E-state index is 0.0317. The Morgan fingerprint density at radius 1 is 0.971 bits per heavy atom. The summed E-state index contributed by atoms with van der Waals surface area (Å²) in [5, 5.41) is 21.2. The lowest BCUT2D eigenvalue weighted by Gasteiger charge is -2.34. The van der Waals surface area contributed by atoms with E-state index in [1.165, 1.54) is 24.3 Å². The van der Waals surface area contributed by atoms with Gasteiger partial charge in [0.15, 0.2) is 5.75 Å². The van der Waals surface area contributed by atoms with Crippen LogP contribution in [0.2, 0.25) is 0 Å². The van der Waals surface area contributed by atoms with Crippen LogP contribution < -0.4 is 11.2 Å². The first kappa shape index (κ1) is 21.0. The van der Waals surface area contributed by atoms with Crippen molar-refractivity contribution in [1.82, 2.24) is 4.57 Å². The van der Waals surface area contributed by atoms with Crippen LogP contribution in [0.1, 0.15) is 43.4 Å². The molecular formula is C26H20FNO5S. The highest BCUT2D eigenvalue weighted by molar-refractivity contribution is 7.99. The molecule has 2 aromatic heterocycles. The molecule has 0 radical (unpaired) electrons. The van der Waals surface area contributed by atoms with E-state index in [1.807, 2.05) is 0 Å². The van der Waals surface area contributed by atoms with Gasteiger partial charge < -0.3 is 14.6 Å². The first-order chi connectivity index (χ1) is 16.4. The van der Waals surface area contributed by atoms with Gasteiger partial charge in [0.05, 0.1) is 5.69 Å². The predicted octanol–water partition coefficient (Wildman–Crippen LogP) is 5.21. The zero-order valence-electron chi connectivity index (χ0n) is 18.0. The predicted molar refractivity (Wildman–Crippen MR) is 126 cm³/mol. The minimum Gasteiger partial charge on any atom is -0.508 e. The van der Waals surface area contributed by atoms with Gasteiger partial charge in [0.25, 0.3) is 5.56 Å². The molecule has 0 atom stereocenters. The fourth-order valence-electron chi connectivity index (χ4n) is 5.47. The van der Waals surface area contributed by atoms with Gasteiger partial charge in [-0.1, -0.05) is 31.0 Å². The molecule has 0 saturated heterocycles. The van der Waals surface area contributed by atoms with Gasteiger partial charge in [-0.05, 0) is 60.9 Å². The highest BCUT2D eigenvalue weighted by Gasteiger charge is 2.45. The van der Waals surface area contributed by atoms with Crippen molar-refractivity contribution in [2.75, 3.05) is 0 Å². The molecule has 4 aromatic rings. The number of aromatic nitrogens is 1. The number of fused-ring (bicyclic) bond motifs is 6. The summed E-state index contributed by atoms with van der Waals surface area (Å²) in [5.74, 6) is -0.749. The number of phenolic OH excluding ortho intramolecular Hbond substituents is 1. The molecule has 0 unspecified atom stereocenters. The van der Waals surface area contributed by atoms with Crippen LogP contribution in [0.25, 0.3) is 16.7 Å². The van der Waals surface area contributed by atoms with Gasteiger partial charge in [-0.2, -0.15) is 0 Å². The number of pyridine rings is 1. The van der Waals surface area contributed by atoms with E-state index in [0.717, 1.165) is 49.4 Å². The average Bonchev–Trinajstić information content (AvgIpc) is 3.07. The van der Waals surface area contributed by atoms with Gasteiger partial charge in [-0.15, -0.1) is 0 Å². The van der Waals surface area contributed by atoms with Crippen molar-refractivity contribution in [3.05, 3.63) is 86.4 Å². The van der Waals surface area contributed by atoms with Gasteiger partial charge in [0.1, 0.15) is 27.4 Å². The molecule has 2 aliphatic rings. The Kier molecular flexibility index (Phi) is 4.64. The van der Waals surface area contributed by atoms with Crippen LogP contribution in [0.4, 0.5) is 4.39 Å². The molecule has 2 aromatic carbocycles. The van der Waals surface area contributed by atoms with E-state index in [0.29, 0.717) is 16.3 Å². The number of aromatic hydroxyl groups is 2. The zero-order chi connectivity index (χ0) is 23.6. The Hall–Kier alpha value is -3.52. The van der Waals surface area contributed by atoms with E-state index >= 15 is 0 Å². The number of rotatable bonds is 2. The number of benzene rings is 2. The second-order valence-electron chi connectivity index (χ2n) is 8.88. The van der Waals surface area contributed by atoms with Crippen molar-refractivity contribution in [2.45, 2.75) is 47.3 Å². The van der Waals surface area contributed by atoms with Crippen LogP contribution >= 0.6 is 11.8 Å². The Morgan fingerprint density at radius 2 is 1.71 bits per heavy atom. The molecule has 34 heavy (non-hydrogen) atoms. The number of hydrogen-bond acceptors (Lipinski definition) is 6. The molecule has 0 amide bonds. The third-order valence-electron chi connectivity index (χ3n) is 6.98. The number of hydrogen-bond donors (Lipinski definition) is 2. The quantitative estimate of drug-likeness (QED) is 0.412. The molecule has 8 heteroatoms. The number of nitrogens with zero attached hydrogens (tertiary/aromatic N) is 1. The SMILES string of the molecule is O=c1oc2cc3n(c(=O)c2c(O)c1Sc1ccc(F)cc1)-c1ccc(O)cc1C31CCCCC1. The number of phenols is 1. The lowest BCUT2D eigenvalue weighted by molar-refractivity contribution is 0.345. The van der Waals surface area contributed by atoms with Gasteiger partial charge in [0.2, 0.25) is 0 Å². The average molecular weight is 478 g/mol. The van der Waals surface area contributed by atoms with Gasteiger partial charge in [0, 0.05) is 22.1 Å². The lowest BCUT2D eigenvalue weighted by atomic mass is 9.68. The van der Waals surface area contributed by atoms with Crippen LogP contribution in [-0.2, 0) is 5.41 Å². The topological polar surface area (TPSA) is 92.7 Å². The maximum Gasteiger partial charge on any atom is 0.354 e. The summed E-state index contributed by atoms with van der Waals surface area (Å²) in [6.45, 7) is 0. The van der Waals surface area contributed by atoms with E-state index in [-0.39, 0.29) is 21.6 Å². The summed E-state index contributed by atoms with van der Waals surface area (Å²) in [4.78, 5) is 27.0. The molecule has 1 fully saturated rings. The summed E-state index contributed by atoms with van der Waals surface area (Å²) in [6.07, 6.45) is 4.66. The first-order valence-electron chi connectivity index (χ1n) is 11.1. The van der Waals surface area contributed by atoms with Crippen LogP contribution in [0.3, 0.4) is 0 Å². The maximum atomic E-state index is 13.8. The molecule has 1 aliphatic heterocycles. The fourth-order valence-corrected chi connectivity index (χ4v) is 6.30. The fraction of sp³-hybridized carbons (Fsp3) is 0.231. The Labute approximate surface area is 197 Å². The maximum absolute atomic E-state index is 13.8. The Bertz CT molecular complexity index is 1580. The van der Waals surface area contributed by atoms with Crippen molar-refractivity contribution in [2.24, 2.45) is 0 Å². The molecule has 172 valence electrons. The highest BCUT2D eigenvalue weighted by atomic mass is 32.2. The Balaban J connectivity index is 1.62. The molecule has 2 N–H and O–H groups in total. The van der Waals surface area contributed by atoms with Crippen LogP contribution in [-0.4, -0.2) is 14.8 Å². The molecule has 6 rings (SSSR count). The molecule has 1 saturated carbocycles. The molecule has 6 nitrogen and oxygen atoms in total. The normalized spacial score (nSPS) is 16.0. The summed E-state index contributed by atoms with van der Waals surface area (Å²) >= 11 is 0.911. The lowest BCUT2D eigenvalue weighted by Crippen LogP contribution is -2.31. The second kappa shape index (κ2) is 7.50.